The predicted octanol–water partition coefficient (Wildman–Crippen LogP) is 0.869. The Hall–Kier alpha value is -1.10. The molecule has 1 saturated heterocycles. The fourth-order valence-corrected chi connectivity index (χ4v) is 1.80. The van der Waals surface area contributed by atoms with Crippen LogP contribution in [-0.4, -0.2) is 37.2 Å². The van der Waals surface area contributed by atoms with Gasteiger partial charge in [-0.05, 0) is 33.6 Å². The highest BCUT2D eigenvalue weighted by Gasteiger charge is 2.32. The first-order chi connectivity index (χ1) is 7.83. The third-order valence-electron chi connectivity index (χ3n) is 2.64. The normalized spacial score (nSPS) is 25.2. The molecule has 0 aliphatic carbocycles. The molecule has 1 fully saturated rings. The zero-order valence-electron chi connectivity index (χ0n) is 10.9. The SMILES string of the molecule is COC(=O)[C@H]1CCC(C(=O)OC(C)(C)C)NC1. The molecule has 5 nitrogen and oxygen atoms in total. The van der Waals surface area contributed by atoms with Crippen LogP contribution in [0.3, 0.4) is 0 Å². The lowest BCUT2D eigenvalue weighted by atomic mass is 9.95. The number of esters is 2. The maximum atomic E-state index is 11.8. The van der Waals surface area contributed by atoms with E-state index in [2.05, 4.69) is 10.1 Å². The van der Waals surface area contributed by atoms with Crippen molar-refractivity contribution < 1.29 is 19.1 Å². The molecule has 1 aliphatic rings. The summed E-state index contributed by atoms with van der Waals surface area (Å²) in [5.74, 6) is -0.625. The monoisotopic (exact) mass is 243 g/mol. The van der Waals surface area contributed by atoms with Crippen molar-refractivity contribution in [1.29, 1.82) is 0 Å². The van der Waals surface area contributed by atoms with E-state index in [1.54, 1.807) is 0 Å². The number of rotatable bonds is 2. The number of hydrogen-bond donors (Lipinski definition) is 1. The van der Waals surface area contributed by atoms with E-state index in [1.165, 1.54) is 7.11 Å². The Morgan fingerprint density at radius 1 is 1.18 bits per heavy atom. The largest absolute Gasteiger partial charge is 0.469 e. The van der Waals surface area contributed by atoms with Gasteiger partial charge in [-0.15, -0.1) is 0 Å². The van der Waals surface area contributed by atoms with E-state index >= 15 is 0 Å². The number of nitrogens with one attached hydrogen (secondary N) is 1. The third-order valence-corrected chi connectivity index (χ3v) is 2.64. The summed E-state index contributed by atoms with van der Waals surface area (Å²) in [6.45, 7) is 5.98. The number of piperidine rings is 1. The van der Waals surface area contributed by atoms with Gasteiger partial charge < -0.3 is 14.8 Å². The van der Waals surface area contributed by atoms with Gasteiger partial charge in [-0.1, -0.05) is 0 Å². The van der Waals surface area contributed by atoms with E-state index < -0.39 is 5.60 Å². The van der Waals surface area contributed by atoms with Crippen LogP contribution < -0.4 is 5.32 Å². The summed E-state index contributed by atoms with van der Waals surface area (Å²) in [5.41, 5.74) is -0.474. The number of carbonyl (C=O) groups excluding carboxylic acids is 2. The fourth-order valence-electron chi connectivity index (χ4n) is 1.80. The van der Waals surface area contributed by atoms with E-state index in [9.17, 15) is 9.59 Å². The van der Waals surface area contributed by atoms with E-state index in [4.69, 9.17) is 4.74 Å². The summed E-state index contributed by atoms with van der Waals surface area (Å²) in [6.07, 6.45) is 1.26. The lowest BCUT2D eigenvalue weighted by molar-refractivity contribution is -0.159. The lowest BCUT2D eigenvalue weighted by Crippen LogP contribution is -2.48. The molecule has 0 aromatic heterocycles. The standard InChI is InChI=1S/C12H21NO4/c1-12(2,3)17-11(15)9-6-5-8(7-13-9)10(14)16-4/h8-9,13H,5-7H2,1-4H3/t8-,9?/m0/s1. The Morgan fingerprint density at radius 2 is 1.82 bits per heavy atom. The van der Waals surface area contributed by atoms with Crippen LogP contribution in [0, 0.1) is 5.92 Å². The summed E-state index contributed by atoms with van der Waals surface area (Å²) < 4.78 is 9.95. The van der Waals surface area contributed by atoms with E-state index in [0.29, 0.717) is 19.4 Å². The maximum Gasteiger partial charge on any atom is 0.323 e. The fraction of sp³-hybridized carbons (Fsp3) is 0.833. The average molecular weight is 243 g/mol. The second-order valence-electron chi connectivity index (χ2n) is 5.29. The molecule has 1 aliphatic heterocycles. The maximum absolute atomic E-state index is 11.8. The zero-order valence-corrected chi connectivity index (χ0v) is 10.9. The molecule has 5 heteroatoms. The van der Waals surface area contributed by atoms with Gasteiger partial charge in [0, 0.05) is 6.54 Å². The van der Waals surface area contributed by atoms with Crippen LogP contribution >= 0.6 is 0 Å². The summed E-state index contributed by atoms with van der Waals surface area (Å²) in [4.78, 5) is 23.1. The van der Waals surface area contributed by atoms with Crippen molar-refractivity contribution in [3.63, 3.8) is 0 Å². The molecular weight excluding hydrogens is 222 g/mol. The number of methoxy groups -OCH3 is 1. The molecule has 2 atom stereocenters. The molecular formula is C12H21NO4. The van der Waals surface area contributed by atoms with E-state index in [0.717, 1.165) is 0 Å². The number of ether oxygens (including phenoxy) is 2. The van der Waals surface area contributed by atoms with Gasteiger partial charge >= 0.3 is 11.9 Å². The van der Waals surface area contributed by atoms with Crippen molar-refractivity contribution in [2.24, 2.45) is 5.92 Å². The summed E-state index contributed by atoms with van der Waals surface area (Å²) >= 11 is 0. The third kappa shape index (κ3) is 4.34. The van der Waals surface area contributed by atoms with Crippen molar-refractivity contribution >= 4 is 11.9 Å². The minimum atomic E-state index is -0.474. The molecule has 0 bridgehead atoms. The highest BCUT2D eigenvalue weighted by Crippen LogP contribution is 2.18. The molecule has 0 amide bonds. The van der Waals surface area contributed by atoms with Crippen molar-refractivity contribution in [2.75, 3.05) is 13.7 Å². The number of carbonyl (C=O) groups is 2. The van der Waals surface area contributed by atoms with Crippen LogP contribution in [0.4, 0.5) is 0 Å². The number of hydrogen-bond acceptors (Lipinski definition) is 5. The Bertz CT molecular complexity index is 287. The van der Waals surface area contributed by atoms with Crippen LogP contribution in [0.2, 0.25) is 0 Å². The minimum absolute atomic E-state index is 0.154. The van der Waals surface area contributed by atoms with Crippen LogP contribution in [0.15, 0.2) is 0 Å². The molecule has 98 valence electrons. The van der Waals surface area contributed by atoms with Crippen molar-refractivity contribution in [2.45, 2.75) is 45.3 Å². The molecule has 0 spiro atoms. The molecule has 0 aromatic rings. The lowest BCUT2D eigenvalue weighted by Gasteiger charge is -2.29. The summed E-state index contributed by atoms with van der Waals surface area (Å²) in [5, 5.41) is 3.03. The van der Waals surface area contributed by atoms with Crippen molar-refractivity contribution in [3.8, 4) is 0 Å². The van der Waals surface area contributed by atoms with Gasteiger partial charge in [0.2, 0.25) is 0 Å². The molecule has 1 N–H and O–H groups in total. The van der Waals surface area contributed by atoms with Gasteiger partial charge in [0.1, 0.15) is 11.6 Å². The van der Waals surface area contributed by atoms with Gasteiger partial charge in [-0.25, -0.2) is 0 Å². The van der Waals surface area contributed by atoms with E-state index in [-0.39, 0.29) is 23.9 Å². The first kappa shape index (κ1) is 14.0. The molecule has 1 heterocycles. The molecule has 1 unspecified atom stereocenters. The second-order valence-corrected chi connectivity index (χ2v) is 5.29. The Balaban J connectivity index is 2.42. The first-order valence-electron chi connectivity index (χ1n) is 5.87. The highest BCUT2D eigenvalue weighted by atomic mass is 16.6. The highest BCUT2D eigenvalue weighted by molar-refractivity contribution is 5.77. The van der Waals surface area contributed by atoms with Gasteiger partial charge in [0.15, 0.2) is 0 Å². The molecule has 0 saturated carbocycles. The molecule has 17 heavy (non-hydrogen) atoms. The van der Waals surface area contributed by atoms with Crippen molar-refractivity contribution in [3.05, 3.63) is 0 Å². The molecule has 0 radical (unpaired) electrons. The Labute approximate surface area is 102 Å². The zero-order chi connectivity index (χ0) is 13.1. The minimum Gasteiger partial charge on any atom is -0.469 e. The first-order valence-corrected chi connectivity index (χ1v) is 5.87. The smallest absolute Gasteiger partial charge is 0.323 e. The molecule has 0 aromatic carbocycles. The van der Waals surface area contributed by atoms with Gasteiger partial charge in [-0.3, -0.25) is 9.59 Å². The average Bonchev–Trinajstić information content (AvgIpc) is 2.26. The van der Waals surface area contributed by atoms with Crippen LogP contribution in [0.1, 0.15) is 33.6 Å². The van der Waals surface area contributed by atoms with Crippen LogP contribution in [-0.2, 0) is 19.1 Å². The quantitative estimate of drug-likeness (QED) is 0.729. The van der Waals surface area contributed by atoms with Gasteiger partial charge in [-0.2, -0.15) is 0 Å². The van der Waals surface area contributed by atoms with Gasteiger partial charge in [0.05, 0.1) is 13.0 Å². The van der Waals surface area contributed by atoms with Crippen molar-refractivity contribution in [1.82, 2.24) is 5.32 Å². The summed E-state index contributed by atoms with van der Waals surface area (Å²) in [6, 6.07) is -0.310. The predicted molar refractivity (Wildman–Crippen MR) is 62.4 cm³/mol. The van der Waals surface area contributed by atoms with Gasteiger partial charge in [0.25, 0.3) is 0 Å². The van der Waals surface area contributed by atoms with E-state index in [1.807, 2.05) is 20.8 Å². The van der Waals surface area contributed by atoms with Crippen LogP contribution in [0.5, 0.6) is 0 Å². The second kappa shape index (κ2) is 5.49. The topological polar surface area (TPSA) is 64.6 Å². The van der Waals surface area contributed by atoms with Crippen LogP contribution in [0.25, 0.3) is 0 Å². The Kier molecular flexibility index (Phi) is 4.51. The Morgan fingerprint density at radius 3 is 2.24 bits per heavy atom. The molecule has 1 rings (SSSR count). The summed E-state index contributed by atoms with van der Waals surface area (Å²) in [7, 11) is 1.38.